The lowest BCUT2D eigenvalue weighted by Gasteiger charge is -2.38. The molecule has 2 aliphatic rings. The molecule has 2 aromatic heterocycles. The van der Waals surface area contributed by atoms with Gasteiger partial charge in [-0.1, -0.05) is 6.07 Å². The van der Waals surface area contributed by atoms with Gasteiger partial charge in [0, 0.05) is 24.2 Å². The van der Waals surface area contributed by atoms with E-state index >= 15 is 0 Å². The van der Waals surface area contributed by atoms with Crippen LogP contribution >= 0.6 is 11.3 Å². The average Bonchev–Trinajstić information content (AvgIpc) is 3.25. The van der Waals surface area contributed by atoms with E-state index in [0.717, 1.165) is 12.8 Å². The molecule has 0 unspecified atom stereocenters. The summed E-state index contributed by atoms with van der Waals surface area (Å²) in [5.74, 6) is 0.590. The van der Waals surface area contributed by atoms with E-state index in [1.54, 1.807) is 17.1 Å². The zero-order valence-corrected chi connectivity index (χ0v) is 13.3. The number of ether oxygens (including phenoxy) is 2. The highest BCUT2D eigenvalue weighted by atomic mass is 32.1. The standard InChI is InChI=1S/C16H17N3O3S/c20-16(11-9-23-10-18-11)19-7-8-21-15-12(19)4-5-13(15)22-14-3-1-2-6-17-14/h1-3,6,9-10,12-13,15H,4-5,7-8H2/t12-,13+,15+/m1/s1. The SMILES string of the molecule is O=C(c1cscn1)N1CCO[C@@H]2[C@@H](Oc3ccccn3)CC[C@H]21. The quantitative estimate of drug-likeness (QED) is 0.860. The van der Waals surface area contributed by atoms with Gasteiger partial charge in [0.1, 0.15) is 17.9 Å². The van der Waals surface area contributed by atoms with E-state index in [2.05, 4.69) is 9.97 Å². The van der Waals surface area contributed by atoms with E-state index in [4.69, 9.17) is 9.47 Å². The van der Waals surface area contributed by atoms with Gasteiger partial charge < -0.3 is 14.4 Å². The van der Waals surface area contributed by atoms with E-state index in [1.807, 2.05) is 23.1 Å². The predicted octanol–water partition coefficient (Wildman–Crippen LogP) is 1.99. The number of hydrogen-bond donors (Lipinski definition) is 0. The van der Waals surface area contributed by atoms with Crippen LogP contribution in [0.25, 0.3) is 0 Å². The first kappa shape index (κ1) is 14.6. The van der Waals surface area contributed by atoms with Crippen LogP contribution in [0.2, 0.25) is 0 Å². The first-order valence-corrected chi connectivity index (χ1v) is 8.65. The highest BCUT2D eigenvalue weighted by molar-refractivity contribution is 7.07. The molecular formula is C16H17N3O3S. The second-order valence-corrected chi connectivity index (χ2v) is 6.40. The molecule has 2 aromatic rings. The van der Waals surface area contributed by atoms with Crippen LogP contribution in [0.4, 0.5) is 0 Å². The molecule has 0 N–H and O–H groups in total. The number of amides is 1. The van der Waals surface area contributed by atoms with Crippen LogP contribution in [0.3, 0.4) is 0 Å². The Morgan fingerprint density at radius 3 is 3.09 bits per heavy atom. The molecule has 1 aliphatic carbocycles. The van der Waals surface area contributed by atoms with Crippen LogP contribution in [0.15, 0.2) is 35.3 Å². The van der Waals surface area contributed by atoms with Gasteiger partial charge in [0.25, 0.3) is 5.91 Å². The topological polar surface area (TPSA) is 64.6 Å². The molecule has 0 aromatic carbocycles. The number of rotatable bonds is 3. The maximum Gasteiger partial charge on any atom is 0.273 e. The van der Waals surface area contributed by atoms with Gasteiger partial charge in [0.15, 0.2) is 0 Å². The summed E-state index contributed by atoms with van der Waals surface area (Å²) in [6.45, 7) is 1.13. The number of hydrogen-bond acceptors (Lipinski definition) is 6. The number of pyridine rings is 1. The van der Waals surface area contributed by atoms with Crippen molar-refractivity contribution in [2.45, 2.75) is 31.1 Å². The summed E-state index contributed by atoms with van der Waals surface area (Å²) in [4.78, 5) is 22.9. The van der Waals surface area contributed by atoms with Crippen molar-refractivity contribution in [2.75, 3.05) is 13.2 Å². The van der Waals surface area contributed by atoms with Crippen LogP contribution in [0, 0.1) is 0 Å². The Kier molecular flexibility index (Phi) is 3.97. The number of morpholine rings is 1. The Morgan fingerprint density at radius 1 is 1.35 bits per heavy atom. The first-order valence-electron chi connectivity index (χ1n) is 7.71. The van der Waals surface area contributed by atoms with Crippen LogP contribution in [0.1, 0.15) is 23.3 Å². The van der Waals surface area contributed by atoms with E-state index in [9.17, 15) is 4.79 Å². The zero-order valence-electron chi connectivity index (χ0n) is 12.5. The van der Waals surface area contributed by atoms with E-state index in [-0.39, 0.29) is 24.2 Å². The Labute approximate surface area is 138 Å². The van der Waals surface area contributed by atoms with Crippen LogP contribution < -0.4 is 4.74 Å². The van der Waals surface area contributed by atoms with Gasteiger partial charge in [0.2, 0.25) is 5.88 Å². The van der Waals surface area contributed by atoms with Crippen molar-refractivity contribution in [1.82, 2.24) is 14.9 Å². The van der Waals surface area contributed by atoms with Crippen molar-refractivity contribution in [1.29, 1.82) is 0 Å². The highest BCUT2D eigenvalue weighted by Gasteiger charge is 2.46. The molecule has 3 atom stereocenters. The fourth-order valence-corrected chi connectivity index (χ4v) is 3.86. The molecule has 1 aliphatic heterocycles. The van der Waals surface area contributed by atoms with Gasteiger partial charge in [-0.15, -0.1) is 11.3 Å². The second-order valence-electron chi connectivity index (χ2n) is 5.68. The molecule has 0 spiro atoms. The van der Waals surface area contributed by atoms with Crippen molar-refractivity contribution in [3.05, 3.63) is 41.0 Å². The Morgan fingerprint density at radius 2 is 2.30 bits per heavy atom. The van der Waals surface area contributed by atoms with Crippen molar-refractivity contribution >= 4 is 17.2 Å². The molecule has 0 bridgehead atoms. The number of nitrogens with zero attached hydrogens (tertiary/aromatic N) is 3. The Balaban J connectivity index is 1.49. The van der Waals surface area contributed by atoms with E-state index in [1.165, 1.54) is 11.3 Å². The summed E-state index contributed by atoms with van der Waals surface area (Å²) in [5, 5.41) is 1.80. The molecule has 3 heterocycles. The third-order valence-electron chi connectivity index (χ3n) is 4.36. The van der Waals surface area contributed by atoms with Gasteiger partial charge in [0.05, 0.1) is 18.2 Å². The lowest BCUT2D eigenvalue weighted by molar-refractivity contribution is -0.0794. The summed E-state index contributed by atoms with van der Waals surface area (Å²) in [5.41, 5.74) is 2.21. The van der Waals surface area contributed by atoms with Crippen LogP contribution in [-0.4, -0.2) is 52.2 Å². The summed E-state index contributed by atoms with van der Waals surface area (Å²) in [7, 11) is 0. The van der Waals surface area contributed by atoms with E-state index in [0.29, 0.717) is 24.7 Å². The Hall–Kier alpha value is -1.99. The van der Waals surface area contributed by atoms with Gasteiger partial charge in [-0.25, -0.2) is 9.97 Å². The van der Waals surface area contributed by atoms with Crippen molar-refractivity contribution in [3.8, 4) is 5.88 Å². The molecule has 120 valence electrons. The van der Waals surface area contributed by atoms with Gasteiger partial charge in [-0.05, 0) is 18.9 Å². The highest BCUT2D eigenvalue weighted by Crippen LogP contribution is 2.33. The average molecular weight is 331 g/mol. The van der Waals surface area contributed by atoms with E-state index < -0.39 is 0 Å². The van der Waals surface area contributed by atoms with Crippen molar-refractivity contribution in [2.24, 2.45) is 0 Å². The maximum absolute atomic E-state index is 12.6. The predicted molar refractivity (Wildman–Crippen MR) is 84.6 cm³/mol. The molecule has 6 nitrogen and oxygen atoms in total. The third kappa shape index (κ3) is 2.82. The smallest absolute Gasteiger partial charge is 0.273 e. The van der Waals surface area contributed by atoms with Crippen molar-refractivity contribution in [3.63, 3.8) is 0 Å². The van der Waals surface area contributed by atoms with Gasteiger partial charge in [-0.3, -0.25) is 4.79 Å². The first-order chi connectivity index (χ1) is 11.3. The fourth-order valence-electron chi connectivity index (χ4n) is 3.33. The molecular weight excluding hydrogens is 314 g/mol. The minimum atomic E-state index is -0.103. The second kappa shape index (κ2) is 6.25. The number of carbonyl (C=O) groups is 1. The molecule has 2 fully saturated rings. The minimum Gasteiger partial charge on any atom is -0.471 e. The van der Waals surface area contributed by atoms with Gasteiger partial charge in [-0.2, -0.15) is 0 Å². The Bertz CT molecular complexity index is 664. The van der Waals surface area contributed by atoms with Crippen LogP contribution in [-0.2, 0) is 4.74 Å². The lowest BCUT2D eigenvalue weighted by Crippen LogP contribution is -2.54. The monoisotopic (exact) mass is 331 g/mol. The molecule has 7 heteroatoms. The van der Waals surface area contributed by atoms with Gasteiger partial charge >= 0.3 is 0 Å². The molecule has 1 saturated carbocycles. The summed E-state index contributed by atoms with van der Waals surface area (Å²) in [6, 6.07) is 5.64. The third-order valence-corrected chi connectivity index (χ3v) is 4.94. The number of fused-ring (bicyclic) bond motifs is 1. The largest absolute Gasteiger partial charge is 0.471 e. The van der Waals surface area contributed by atoms with Crippen molar-refractivity contribution < 1.29 is 14.3 Å². The molecule has 4 rings (SSSR count). The number of carbonyl (C=O) groups excluding carboxylic acids is 1. The summed E-state index contributed by atoms with van der Waals surface area (Å²) in [6.07, 6.45) is 3.26. The fraction of sp³-hybridized carbons (Fsp3) is 0.438. The maximum atomic E-state index is 12.6. The zero-order chi connectivity index (χ0) is 15.6. The molecule has 23 heavy (non-hydrogen) atoms. The number of thiazole rings is 1. The summed E-state index contributed by atoms with van der Waals surface area (Å²) < 4.78 is 11.9. The molecule has 1 amide bonds. The normalized spacial score (nSPS) is 26.8. The summed E-state index contributed by atoms with van der Waals surface area (Å²) >= 11 is 1.44. The molecule has 0 radical (unpaired) electrons. The lowest BCUT2D eigenvalue weighted by atomic mass is 10.1. The molecule has 1 saturated heterocycles. The number of aromatic nitrogens is 2. The van der Waals surface area contributed by atoms with Crippen LogP contribution in [0.5, 0.6) is 5.88 Å². The minimum absolute atomic E-state index is 0.0111.